The van der Waals surface area contributed by atoms with Gasteiger partial charge in [0.2, 0.25) is 0 Å². The van der Waals surface area contributed by atoms with Crippen LogP contribution in [0.3, 0.4) is 0 Å². The Morgan fingerprint density at radius 3 is 1.34 bits per heavy atom. The lowest BCUT2D eigenvalue weighted by atomic mass is 9.82. The van der Waals surface area contributed by atoms with E-state index in [4.69, 9.17) is 9.47 Å². The maximum atomic E-state index is 6.81. The van der Waals surface area contributed by atoms with Crippen LogP contribution in [0, 0.1) is 62.3 Å². The highest BCUT2D eigenvalue weighted by Crippen LogP contribution is 2.43. The Balaban J connectivity index is 2.65. The SMILES string of the molecule is COc1c(C)cc(C)c(C(OC(C)C)=C(c2c(C)cc(C)cc2C)c2c(C)cc(C)cc2C)c1C. The van der Waals surface area contributed by atoms with E-state index in [1.807, 2.05) is 0 Å². The molecule has 0 aliphatic heterocycles. The Bertz CT molecular complexity index is 1200. The van der Waals surface area contributed by atoms with Crippen molar-refractivity contribution in [2.24, 2.45) is 0 Å². The standard InChI is InChI=1S/C33H42O2/c1-18(2)35-33(30-25(9)17-26(10)32(34-12)27(30)11)31(28-21(5)13-19(3)14-22(28)6)29-23(7)15-20(4)16-24(29)8/h13-18H,1-12H3. The third kappa shape index (κ3) is 5.17. The van der Waals surface area contributed by atoms with Crippen LogP contribution >= 0.6 is 0 Å². The third-order valence-corrected chi connectivity index (χ3v) is 6.77. The Morgan fingerprint density at radius 2 is 0.971 bits per heavy atom. The quantitative estimate of drug-likeness (QED) is 0.265. The fourth-order valence-electron chi connectivity index (χ4n) is 5.81. The van der Waals surface area contributed by atoms with Gasteiger partial charge in [0, 0.05) is 16.7 Å². The predicted octanol–water partition coefficient (Wildman–Crippen LogP) is 8.81. The monoisotopic (exact) mass is 470 g/mol. The lowest BCUT2D eigenvalue weighted by Gasteiger charge is -2.27. The van der Waals surface area contributed by atoms with E-state index in [1.165, 1.54) is 55.6 Å². The zero-order valence-corrected chi connectivity index (χ0v) is 23.8. The van der Waals surface area contributed by atoms with Crippen molar-refractivity contribution in [3.05, 3.63) is 97.1 Å². The summed E-state index contributed by atoms with van der Waals surface area (Å²) >= 11 is 0. The first-order chi connectivity index (χ1) is 16.4. The number of hydrogen-bond acceptors (Lipinski definition) is 2. The molecule has 3 aromatic rings. The minimum absolute atomic E-state index is 0.0169. The molecule has 3 rings (SSSR count). The first kappa shape index (κ1) is 26.6. The second-order valence-corrected chi connectivity index (χ2v) is 10.5. The molecule has 0 spiro atoms. The molecule has 0 atom stereocenters. The highest BCUT2D eigenvalue weighted by molar-refractivity contribution is 6.00. The van der Waals surface area contributed by atoms with Gasteiger partial charge in [-0.2, -0.15) is 0 Å². The molecule has 0 aliphatic carbocycles. The first-order valence-electron chi connectivity index (χ1n) is 12.6. The van der Waals surface area contributed by atoms with E-state index in [-0.39, 0.29) is 6.10 Å². The number of hydrogen-bond donors (Lipinski definition) is 0. The molecule has 186 valence electrons. The number of aryl methyl sites for hydroxylation is 8. The smallest absolute Gasteiger partial charge is 0.136 e. The van der Waals surface area contributed by atoms with Crippen LogP contribution in [0.15, 0.2) is 30.3 Å². The topological polar surface area (TPSA) is 18.5 Å². The number of methoxy groups -OCH3 is 1. The minimum Gasteiger partial charge on any atom is -0.496 e. The van der Waals surface area contributed by atoms with Crippen molar-refractivity contribution in [3.63, 3.8) is 0 Å². The molecule has 0 saturated heterocycles. The Labute approximate surface area is 213 Å². The highest BCUT2D eigenvalue weighted by Gasteiger charge is 2.26. The van der Waals surface area contributed by atoms with Crippen LogP contribution in [0.2, 0.25) is 0 Å². The molecule has 0 saturated carbocycles. The van der Waals surface area contributed by atoms with Gasteiger partial charge in [-0.15, -0.1) is 0 Å². The summed E-state index contributed by atoms with van der Waals surface area (Å²) in [6, 6.07) is 11.3. The van der Waals surface area contributed by atoms with E-state index in [0.29, 0.717) is 0 Å². The molecular formula is C33H42O2. The largest absolute Gasteiger partial charge is 0.496 e. The molecule has 0 bridgehead atoms. The fourth-order valence-corrected chi connectivity index (χ4v) is 5.81. The molecule has 0 N–H and O–H groups in total. The lowest BCUT2D eigenvalue weighted by molar-refractivity contribution is 0.204. The normalized spacial score (nSPS) is 11.1. The minimum atomic E-state index is 0.0169. The van der Waals surface area contributed by atoms with E-state index in [2.05, 4.69) is 106 Å². The predicted molar refractivity (Wildman–Crippen MR) is 151 cm³/mol. The van der Waals surface area contributed by atoms with E-state index >= 15 is 0 Å². The summed E-state index contributed by atoms with van der Waals surface area (Å²) < 4.78 is 12.7. The van der Waals surface area contributed by atoms with E-state index in [1.54, 1.807) is 7.11 Å². The van der Waals surface area contributed by atoms with E-state index < -0.39 is 0 Å². The van der Waals surface area contributed by atoms with Gasteiger partial charge in [-0.05, 0) is 121 Å². The van der Waals surface area contributed by atoms with Crippen molar-refractivity contribution in [2.75, 3.05) is 7.11 Å². The molecule has 0 heterocycles. The van der Waals surface area contributed by atoms with Gasteiger partial charge in [0.15, 0.2) is 0 Å². The van der Waals surface area contributed by atoms with Crippen LogP contribution in [-0.4, -0.2) is 13.2 Å². The fraction of sp³-hybridized carbons (Fsp3) is 0.394. The van der Waals surface area contributed by atoms with Crippen molar-refractivity contribution in [1.82, 2.24) is 0 Å². The molecule has 35 heavy (non-hydrogen) atoms. The van der Waals surface area contributed by atoms with Gasteiger partial charge < -0.3 is 9.47 Å². The maximum Gasteiger partial charge on any atom is 0.136 e. The zero-order chi connectivity index (χ0) is 26.2. The van der Waals surface area contributed by atoms with E-state index in [9.17, 15) is 0 Å². The van der Waals surface area contributed by atoms with Gasteiger partial charge in [0.05, 0.1) is 13.2 Å². The zero-order valence-electron chi connectivity index (χ0n) is 23.8. The van der Waals surface area contributed by atoms with Crippen LogP contribution in [0.1, 0.15) is 80.6 Å². The summed E-state index contributed by atoms with van der Waals surface area (Å²) in [6.45, 7) is 23.9. The molecule has 0 unspecified atom stereocenters. The molecule has 3 aromatic carbocycles. The summed E-state index contributed by atoms with van der Waals surface area (Å²) in [5.74, 6) is 1.85. The van der Waals surface area contributed by atoms with Crippen LogP contribution < -0.4 is 4.74 Å². The van der Waals surface area contributed by atoms with Crippen molar-refractivity contribution in [2.45, 2.75) is 82.3 Å². The van der Waals surface area contributed by atoms with Gasteiger partial charge >= 0.3 is 0 Å². The Hall–Kier alpha value is -3.00. The average molecular weight is 471 g/mol. The van der Waals surface area contributed by atoms with Crippen LogP contribution in [0.4, 0.5) is 0 Å². The van der Waals surface area contributed by atoms with Crippen LogP contribution in [0.25, 0.3) is 11.3 Å². The number of rotatable bonds is 6. The molecule has 0 radical (unpaired) electrons. The Morgan fingerprint density at radius 1 is 0.571 bits per heavy atom. The number of benzene rings is 3. The molecule has 2 nitrogen and oxygen atoms in total. The van der Waals surface area contributed by atoms with Crippen molar-refractivity contribution in [1.29, 1.82) is 0 Å². The van der Waals surface area contributed by atoms with Gasteiger partial charge in [-0.25, -0.2) is 0 Å². The summed E-state index contributed by atoms with van der Waals surface area (Å²) in [5.41, 5.74) is 15.8. The Kier molecular flexibility index (Phi) is 7.84. The van der Waals surface area contributed by atoms with Gasteiger partial charge in [-0.3, -0.25) is 0 Å². The van der Waals surface area contributed by atoms with E-state index in [0.717, 1.165) is 28.2 Å². The van der Waals surface area contributed by atoms with Gasteiger partial charge in [-0.1, -0.05) is 41.5 Å². The maximum absolute atomic E-state index is 6.81. The average Bonchev–Trinajstić information content (AvgIpc) is 2.70. The molecule has 2 heteroatoms. The summed E-state index contributed by atoms with van der Waals surface area (Å²) in [7, 11) is 1.75. The third-order valence-electron chi connectivity index (χ3n) is 6.77. The summed E-state index contributed by atoms with van der Waals surface area (Å²) in [5, 5.41) is 0. The highest BCUT2D eigenvalue weighted by atomic mass is 16.5. The molecule has 0 amide bonds. The summed E-state index contributed by atoms with van der Waals surface area (Å²) in [4.78, 5) is 0. The lowest BCUT2D eigenvalue weighted by Crippen LogP contribution is -2.11. The van der Waals surface area contributed by atoms with Gasteiger partial charge in [0.1, 0.15) is 11.5 Å². The second-order valence-electron chi connectivity index (χ2n) is 10.5. The van der Waals surface area contributed by atoms with Crippen molar-refractivity contribution in [3.8, 4) is 5.75 Å². The molecule has 0 aromatic heterocycles. The van der Waals surface area contributed by atoms with Crippen molar-refractivity contribution < 1.29 is 9.47 Å². The number of ether oxygens (including phenoxy) is 2. The first-order valence-corrected chi connectivity index (χ1v) is 12.6. The summed E-state index contributed by atoms with van der Waals surface area (Å²) in [6.07, 6.45) is 0.0169. The van der Waals surface area contributed by atoms with Crippen LogP contribution in [0.5, 0.6) is 5.75 Å². The van der Waals surface area contributed by atoms with Gasteiger partial charge in [0.25, 0.3) is 0 Å². The molecule has 0 fully saturated rings. The van der Waals surface area contributed by atoms with Crippen molar-refractivity contribution >= 4 is 11.3 Å². The van der Waals surface area contributed by atoms with Crippen LogP contribution in [-0.2, 0) is 4.74 Å². The second kappa shape index (κ2) is 10.3. The molecule has 0 aliphatic rings. The molecular weight excluding hydrogens is 428 g/mol.